The number of nitrogens with two attached hydrogens (primary N) is 1. The van der Waals surface area contributed by atoms with Gasteiger partial charge in [0.15, 0.2) is 6.23 Å². The summed E-state index contributed by atoms with van der Waals surface area (Å²) in [6, 6.07) is 1.29. The van der Waals surface area contributed by atoms with Crippen LogP contribution in [0.2, 0.25) is 0 Å². The van der Waals surface area contributed by atoms with Crippen molar-refractivity contribution in [2.75, 3.05) is 32.0 Å². The Hall–Kier alpha value is -1.37. The van der Waals surface area contributed by atoms with Crippen LogP contribution >= 0.6 is 7.82 Å². The Labute approximate surface area is 162 Å². The molecule has 0 unspecified atom stereocenters. The number of rotatable bonds is 7. The Kier molecular flexibility index (Phi) is 9.67. The van der Waals surface area contributed by atoms with E-state index in [1.54, 1.807) is 0 Å². The average Bonchev–Trinajstić information content (AvgIpc) is 2.90. The maximum atomic E-state index is 11.6. The molecule has 1 fully saturated rings. The number of aromatic nitrogens is 2. The predicted molar refractivity (Wildman–Crippen MR) is 100 cm³/mol. The minimum absolute atomic E-state index is 0.0225. The minimum atomic E-state index is -4.74. The Morgan fingerprint density at radius 3 is 2.25 bits per heavy atom. The normalized spacial score (nSPS) is 24.9. The monoisotopic (exact) mass is 429 g/mol. The summed E-state index contributed by atoms with van der Waals surface area (Å²) in [7, 11) is -4.74. The lowest BCUT2D eigenvalue weighted by Crippen LogP contribution is -2.36. The highest BCUT2D eigenvalue weighted by Gasteiger charge is 2.44. The zero-order valence-electron chi connectivity index (χ0n) is 16.1. The third-order valence-corrected chi connectivity index (χ3v) is 4.70. The van der Waals surface area contributed by atoms with Gasteiger partial charge in [0.1, 0.15) is 24.1 Å². The van der Waals surface area contributed by atoms with Crippen LogP contribution < -0.4 is 11.4 Å². The van der Waals surface area contributed by atoms with Crippen LogP contribution in [0.3, 0.4) is 0 Å². The van der Waals surface area contributed by atoms with Gasteiger partial charge in [-0.25, -0.2) is 9.36 Å². The van der Waals surface area contributed by atoms with Crippen LogP contribution in [0.15, 0.2) is 17.1 Å². The molecular formula is C15H29N4O8P. The van der Waals surface area contributed by atoms with Gasteiger partial charge in [-0.15, -0.1) is 0 Å². The van der Waals surface area contributed by atoms with E-state index in [0.717, 1.165) is 4.57 Å². The molecule has 1 aliphatic heterocycles. The standard InChI is InChI=1S/C9H14N3O8P.C6H15N/c10-5-1-2-12(9(15)11-5)8-7(14)6(13)4(20-8)3-19-21(16,17)18;1-4-7(5-2)6-3/h1-2,4,6-8,13-14H,3H2,(H2,10,11,15)(H2,16,17,18);4-6H2,1-3H3/t4-,6-,7-,8-;/m1./s1/i3+1,4+1,6+1,7+1,8+1;. The first kappa shape index (κ1) is 24.7. The van der Waals surface area contributed by atoms with Gasteiger partial charge in [-0.1, -0.05) is 20.8 Å². The highest BCUT2D eigenvalue weighted by Crippen LogP contribution is 2.38. The summed E-state index contributed by atoms with van der Waals surface area (Å²) in [5, 5.41) is 19.6. The van der Waals surface area contributed by atoms with Gasteiger partial charge in [-0.3, -0.25) is 9.09 Å². The molecule has 0 amide bonds. The number of hydrogen-bond acceptors (Lipinski definition) is 9. The largest absolute Gasteiger partial charge is 0.469 e. The van der Waals surface area contributed by atoms with E-state index in [4.69, 9.17) is 20.3 Å². The summed E-state index contributed by atoms with van der Waals surface area (Å²) >= 11 is 0. The lowest BCUT2D eigenvalue weighted by Gasteiger charge is -2.16. The van der Waals surface area contributed by atoms with Gasteiger partial charge >= 0.3 is 13.5 Å². The number of nitrogen functional groups attached to an aromatic ring is 1. The summed E-state index contributed by atoms with van der Waals surface area (Å²) in [5.41, 5.74) is 4.52. The Bertz CT molecular complexity index is 702. The van der Waals surface area contributed by atoms with E-state index < -0.39 is 44.7 Å². The van der Waals surface area contributed by atoms with Crippen molar-refractivity contribution in [1.29, 1.82) is 0 Å². The molecular weight excluding hydrogens is 400 g/mol. The molecule has 1 aromatic rings. The van der Waals surface area contributed by atoms with E-state index in [2.05, 4.69) is 35.2 Å². The summed E-state index contributed by atoms with van der Waals surface area (Å²) in [4.78, 5) is 34.7. The summed E-state index contributed by atoms with van der Waals surface area (Å²) in [6.45, 7) is 9.47. The molecule has 4 atom stereocenters. The zero-order valence-corrected chi connectivity index (χ0v) is 17.0. The Morgan fingerprint density at radius 1 is 1.25 bits per heavy atom. The Morgan fingerprint density at radius 2 is 1.82 bits per heavy atom. The molecule has 0 saturated carbocycles. The van der Waals surface area contributed by atoms with Gasteiger partial charge in [-0.2, -0.15) is 4.98 Å². The third-order valence-electron chi connectivity index (χ3n) is 4.21. The average molecular weight is 429 g/mol. The third kappa shape index (κ3) is 7.22. The molecule has 13 heteroatoms. The number of hydrogen-bond donors (Lipinski definition) is 5. The van der Waals surface area contributed by atoms with Crippen molar-refractivity contribution in [3.63, 3.8) is 0 Å². The second-order valence-corrected chi connectivity index (χ2v) is 7.23. The molecule has 1 saturated heterocycles. The van der Waals surface area contributed by atoms with Gasteiger partial charge in [0.2, 0.25) is 0 Å². The van der Waals surface area contributed by atoms with Crippen molar-refractivity contribution in [3.05, 3.63) is 22.7 Å². The van der Waals surface area contributed by atoms with E-state index in [-0.39, 0.29) is 5.82 Å². The molecule has 0 bridgehead atoms. The molecule has 0 aromatic carbocycles. The number of ether oxygens (including phenoxy) is 1. The zero-order chi connectivity index (χ0) is 21.5. The van der Waals surface area contributed by atoms with Crippen molar-refractivity contribution in [2.24, 2.45) is 0 Å². The van der Waals surface area contributed by atoms with Crippen molar-refractivity contribution in [3.8, 4) is 0 Å². The number of aliphatic hydroxyl groups is 2. The number of nitrogens with zero attached hydrogens (tertiary/aromatic N) is 3. The smallest absolute Gasteiger partial charge is 0.387 e. The molecule has 1 aromatic heterocycles. The minimum Gasteiger partial charge on any atom is -0.387 e. The lowest BCUT2D eigenvalue weighted by molar-refractivity contribution is -0.0542. The first-order valence-electron chi connectivity index (χ1n) is 8.82. The second-order valence-electron chi connectivity index (χ2n) is 5.99. The maximum Gasteiger partial charge on any atom is 0.469 e. The van der Waals surface area contributed by atoms with Crippen molar-refractivity contribution in [2.45, 2.75) is 45.3 Å². The number of phosphoric acid groups is 1. The van der Waals surface area contributed by atoms with Crippen LogP contribution in [0.5, 0.6) is 0 Å². The van der Waals surface area contributed by atoms with Crippen molar-refractivity contribution in [1.82, 2.24) is 14.5 Å². The molecule has 6 N–H and O–H groups in total. The van der Waals surface area contributed by atoms with Crippen LogP contribution in [0.25, 0.3) is 0 Å². The molecule has 2 heterocycles. The first-order chi connectivity index (χ1) is 13.0. The molecule has 0 radical (unpaired) electrons. The highest BCUT2D eigenvalue weighted by atomic mass is 31.2. The molecule has 0 spiro atoms. The van der Waals surface area contributed by atoms with E-state index in [9.17, 15) is 19.6 Å². The highest BCUT2D eigenvalue weighted by molar-refractivity contribution is 7.46. The fraction of sp³-hybridized carbons (Fsp3) is 0.733. The van der Waals surface area contributed by atoms with Crippen molar-refractivity contribution < 1.29 is 33.8 Å². The van der Waals surface area contributed by atoms with Gasteiger partial charge in [-0.05, 0) is 25.7 Å². The second kappa shape index (κ2) is 11.0. The van der Waals surface area contributed by atoms with Gasteiger partial charge in [0, 0.05) is 6.20 Å². The van der Waals surface area contributed by atoms with Crippen LogP contribution in [0, 0.1) is 0 Å². The van der Waals surface area contributed by atoms with E-state index in [1.165, 1.54) is 31.9 Å². The summed E-state index contributed by atoms with van der Waals surface area (Å²) in [5.74, 6) is -0.0225. The number of anilines is 1. The van der Waals surface area contributed by atoms with E-state index >= 15 is 0 Å². The number of phosphoric ester groups is 1. The first-order valence-corrected chi connectivity index (χ1v) is 10.4. The summed E-state index contributed by atoms with van der Waals surface area (Å²) < 4.78 is 20.9. The molecule has 162 valence electrons. The van der Waals surface area contributed by atoms with Crippen LogP contribution in [-0.2, 0) is 13.8 Å². The maximum absolute atomic E-state index is 11.6. The molecule has 12 nitrogen and oxygen atoms in total. The fourth-order valence-corrected chi connectivity index (χ4v) is 2.90. The SMILES string of the molecule is CCN(CC)CC.Nc1ccn([13C@@H]2O[13C@H]([13CH2]OP(=O)(O)O)[13C@@H](O)[13C@H]2O)c(=O)n1. The quantitative estimate of drug-likeness (QED) is 0.262. The van der Waals surface area contributed by atoms with Crippen LogP contribution in [-0.4, -0.2) is 79.0 Å². The molecule has 0 aliphatic carbocycles. The van der Waals surface area contributed by atoms with Crippen LogP contribution in [0.1, 0.15) is 27.0 Å². The van der Waals surface area contributed by atoms with Crippen molar-refractivity contribution >= 4 is 13.6 Å². The van der Waals surface area contributed by atoms with E-state index in [1.807, 2.05) is 0 Å². The lowest BCUT2D eigenvalue weighted by atomic mass is 10.5. The molecule has 28 heavy (non-hydrogen) atoms. The van der Waals surface area contributed by atoms with Crippen LogP contribution in [0.4, 0.5) is 5.82 Å². The fourth-order valence-electron chi connectivity index (χ4n) is 2.56. The van der Waals surface area contributed by atoms with Gasteiger partial charge in [0.05, 0.1) is 6.61 Å². The van der Waals surface area contributed by atoms with E-state index in [0.29, 0.717) is 0 Å². The topological polar surface area (TPSA) is 181 Å². The molecule has 2 rings (SSSR count). The predicted octanol–water partition coefficient (Wildman–Crippen LogP) is -1.10. The number of aliphatic hydroxyl groups excluding tert-OH is 2. The van der Waals surface area contributed by atoms with Gasteiger partial charge < -0.3 is 35.4 Å². The Balaban J connectivity index is 0.000000480. The molecule has 1 aliphatic rings. The van der Waals surface area contributed by atoms with Gasteiger partial charge in [0.25, 0.3) is 0 Å². The summed E-state index contributed by atoms with van der Waals surface area (Å²) in [6.07, 6.45) is -4.27.